The van der Waals surface area contributed by atoms with Gasteiger partial charge in [-0.1, -0.05) is 13.8 Å². The molecule has 0 saturated heterocycles. The molecule has 1 rings (SSSR count). The molecular formula is C10H14N4O. The maximum Gasteiger partial charge on any atom is 0.243 e. The lowest BCUT2D eigenvalue weighted by Gasteiger charge is -2.12. The number of hydrogen-bond donors (Lipinski definition) is 1. The average molecular weight is 206 g/mol. The van der Waals surface area contributed by atoms with Crippen molar-refractivity contribution in [3.63, 3.8) is 0 Å². The predicted octanol–water partition coefficient (Wildman–Crippen LogP) is 1.15. The summed E-state index contributed by atoms with van der Waals surface area (Å²) in [6.07, 6.45) is 1.59. The van der Waals surface area contributed by atoms with Crippen molar-refractivity contribution in [2.24, 2.45) is 18.9 Å². The van der Waals surface area contributed by atoms with E-state index in [2.05, 4.69) is 10.4 Å². The van der Waals surface area contributed by atoms with Crippen LogP contribution >= 0.6 is 0 Å². The molecule has 0 bridgehead atoms. The number of rotatable bonds is 3. The fraction of sp³-hybridized carbons (Fsp3) is 0.500. The topological polar surface area (TPSA) is 70.7 Å². The molecule has 0 aliphatic rings. The number of amides is 1. The first-order chi connectivity index (χ1) is 7.06. The number of aromatic nitrogens is 2. The SMILES string of the molecule is CC(C)C(C#N)C(=O)Nc1ccnn1C. The van der Waals surface area contributed by atoms with Crippen LogP contribution in [0.3, 0.4) is 0 Å². The number of hydrogen-bond acceptors (Lipinski definition) is 3. The monoisotopic (exact) mass is 206 g/mol. The van der Waals surface area contributed by atoms with Gasteiger partial charge in [0.05, 0.1) is 12.3 Å². The van der Waals surface area contributed by atoms with Crippen LogP contribution in [0.4, 0.5) is 5.82 Å². The average Bonchev–Trinajstić information content (AvgIpc) is 2.52. The minimum atomic E-state index is -0.625. The van der Waals surface area contributed by atoms with Gasteiger partial charge in [-0.2, -0.15) is 10.4 Å². The van der Waals surface area contributed by atoms with Gasteiger partial charge in [0.25, 0.3) is 0 Å². The summed E-state index contributed by atoms with van der Waals surface area (Å²) in [4.78, 5) is 11.7. The number of nitriles is 1. The first kappa shape index (κ1) is 11.2. The molecule has 0 radical (unpaired) electrons. The van der Waals surface area contributed by atoms with Gasteiger partial charge in [0, 0.05) is 13.1 Å². The second-order valence-corrected chi connectivity index (χ2v) is 3.68. The van der Waals surface area contributed by atoms with Gasteiger partial charge < -0.3 is 5.32 Å². The zero-order chi connectivity index (χ0) is 11.4. The van der Waals surface area contributed by atoms with Gasteiger partial charge in [-0.25, -0.2) is 0 Å². The minimum Gasteiger partial charge on any atom is -0.310 e. The van der Waals surface area contributed by atoms with Crippen LogP contribution in [0, 0.1) is 23.2 Å². The maximum absolute atomic E-state index is 11.7. The molecule has 1 unspecified atom stereocenters. The van der Waals surface area contributed by atoms with E-state index in [4.69, 9.17) is 5.26 Å². The van der Waals surface area contributed by atoms with Crippen LogP contribution in [-0.2, 0) is 11.8 Å². The van der Waals surface area contributed by atoms with Gasteiger partial charge in [-0.3, -0.25) is 9.48 Å². The van der Waals surface area contributed by atoms with Gasteiger partial charge >= 0.3 is 0 Å². The molecule has 0 aliphatic carbocycles. The Morgan fingerprint density at radius 3 is 2.73 bits per heavy atom. The van der Waals surface area contributed by atoms with E-state index in [0.717, 1.165) is 0 Å². The minimum absolute atomic E-state index is 0.00299. The molecule has 0 spiro atoms. The van der Waals surface area contributed by atoms with E-state index >= 15 is 0 Å². The number of aryl methyl sites for hydroxylation is 1. The molecule has 1 aromatic heterocycles. The number of nitrogens with one attached hydrogen (secondary N) is 1. The standard InChI is InChI=1S/C10H14N4O/c1-7(2)8(6-11)10(15)13-9-4-5-12-14(9)3/h4-5,7-8H,1-3H3,(H,13,15). The first-order valence-corrected chi connectivity index (χ1v) is 4.74. The number of nitrogens with zero attached hydrogens (tertiary/aromatic N) is 3. The lowest BCUT2D eigenvalue weighted by Crippen LogP contribution is -2.26. The second kappa shape index (κ2) is 4.60. The van der Waals surface area contributed by atoms with Crippen molar-refractivity contribution in [2.75, 3.05) is 5.32 Å². The van der Waals surface area contributed by atoms with E-state index in [1.54, 1.807) is 24.0 Å². The summed E-state index contributed by atoms with van der Waals surface area (Å²) in [6, 6.07) is 3.68. The van der Waals surface area contributed by atoms with Gasteiger partial charge in [0.1, 0.15) is 11.7 Å². The maximum atomic E-state index is 11.7. The third-order valence-electron chi connectivity index (χ3n) is 2.16. The zero-order valence-electron chi connectivity index (χ0n) is 9.06. The van der Waals surface area contributed by atoms with Crippen LogP contribution in [0.1, 0.15) is 13.8 Å². The van der Waals surface area contributed by atoms with Crippen LogP contribution in [0.15, 0.2) is 12.3 Å². The van der Waals surface area contributed by atoms with Gasteiger partial charge in [-0.05, 0) is 5.92 Å². The highest BCUT2D eigenvalue weighted by atomic mass is 16.2. The van der Waals surface area contributed by atoms with Crippen LogP contribution in [-0.4, -0.2) is 15.7 Å². The Balaban J connectivity index is 2.72. The van der Waals surface area contributed by atoms with Crippen LogP contribution in [0.25, 0.3) is 0 Å². The fourth-order valence-electron chi connectivity index (χ4n) is 1.21. The Morgan fingerprint density at radius 2 is 2.33 bits per heavy atom. The molecular weight excluding hydrogens is 192 g/mol. The van der Waals surface area contributed by atoms with E-state index in [1.165, 1.54) is 0 Å². The van der Waals surface area contributed by atoms with E-state index in [9.17, 15) is 4.79 Å². The molecule has 1 heterocycles. The summed E-state index contributed by atoms with van der Waals surface area (Å²) in [5.41, 5.74) is 0. The zero-order valence-corrected chi connectivity index (χ0v) is 9.06. The van der Waals surface area contributed by atoms with Crippen molar-refractivity contribution in [3.8, 4) is 6.07 Å². The van der Waals surface area contributed by atoms with Crippen molar-refractivity contribution >= 4 is 11.7 Å². The summed E-state index contributed by atoms with van der Waals surface area (Å²) < 4.78 is 1.55. The van der Waals surface area contributed by atoms with Crippen molar-refractivity contribution in [1.82, 2.24) is 9.78 Å². The third kappa shape index (κ3) is 2.56. The molecule has 5 nitrogen and oxygen atoms in total. The molecule has 0 fully saturated rings. The summed E-state index contributed by atoms with van der Waals surface area (Å²) in [5.74, 6) is -0.305. The van der Waals surface area contributed by atoms with Crippen molar-refractivity contribution in [3.05, 3.63) is 12.3 Å². The molecule has 80 valence electrons. The lowest BCUT2D eigenvalue weighted by molar-refractivity contribution is -0.119. The Kier molecular flexibility index (Phi) is 3.45. The van der Waals surface area contributed by atoms with Crippen LogP contribution < -0.4 is 5.32 Å². The molecule has 1 atom stereocenters. The first-order valence-electron chi connectivity index (χ1n) is 4.74. The lowest BCUT2D eigenvalue weighted by atomic mass is 9.97. The molecule has 1 amide bonds. The Labute approximate surface area is 88.7 Å². The molecule has 1 aromatic rings. The number of carbonyl (C=O) groups is 1. The van der Waals surface area contributed by atoms with Gasteiger partial charge in [0.2, 0.25) is 5.91 Å². The highest BCUT2D eigenvalue weighted by Gasteiger charge is 2.22. The van der Waals surface area contributed by atoms with Crippen molar-refractivity contribution < 1.29 is 4.79 Å². The summed E-state index contributed by atoms with van der Waals surface area (Å²) in [7, 11) is 1.73. The van der Waals surface area contributed by atoms with E-state index < -0.39 is 5.92 Å². The Bertz CT molecular complexity index is 388. The molecule has 5 heteroatoms. The molecule has 15 heavy (non-hydrogen) atoms. The van der Waals surface area contributed by atoms with Crippen molar-refractivity contribution in [1.29, 1.82) is 5.26 Å². The summed E-state index contributed by atoms with van der Waals surface area (Å²) in [5, 5.41) is 15.4. The van der Waals surface area contributed by atoms with E-state index in [0.29, 0.717) is 5.82 Å². The highest BCUT2D eigenvalue weighted by Crippen LogP contribution is 2.13. The van der Waals surface area contributed by atoms with Crippen molar-refractivity contribution in [2.45, 2.75) is 13.8 Å². The summed E-state index contributed by atoms with van der Waals surface area (Å²) in [6.45, 7) is 3.69. The molecule has 0 aromatic carbocycles. The number of carbonyl (C=O) groups excluding carboxylic acids is 1. The largest absolute Gasteiger partial charge is 0.310 e. The number of anilines is 1. The fourth-order valence-corrected chi connectivity index (χ4v) is 1.21. The highest BCUT2D eigenvalue weighted by molar-refractivity contribution is 5.93. The second-order valence-electron chi connectivity index (χ2n) is 3.68. The normalized spacial score (nSPS) is 12.2. The third-order valence-corrected chi connectivity index (χ3v) is 2.16. The quantitative estimate of drug-likeness (QED) is 0.806. The predicted molar refractivity (Wildman–Crippen MR) is 55.8 cm³/mol. The smallest absolute Gasteiger partial charge is 0.243 e. The molecule has 1 N–H and O–H groups in total. The summed E-state index contributed by atoms with van der Waals surface area (Å²) >= 11 is 0. The Morgan fingerprint density at radius 1 is 1.67 bits per heavy atom. The van der Waals surface area contributed by atoms with Gasteiger partial charge in [-0.15, -0.1) is 0 Å². The molecule has 0 saturated carbocycles. The van der Waals surface area contributed by atoms with Crippen LogP contribution in [0.5, 0.6) is 0 Å². The van der Waals surface area contributed by atoms with Crippen LogP contribution in [0.2, 0.25) is 0 Å². The van der Waals surface area contributed by atoms with E-state index in [-0.39, 0.29) is 11.8 Å². The van der Waals surface area contributed by atoms with Gasteiger partial charge in [0.15, 0.2) is 0 Å². The Hall–Kier alpha value is -1.83. The molecule has 0 aliphatic heterocycles. The van der Waals surface area contributed by atoms with E-state index in [1.807, 2.05) is 19.9 Å².